The van der Waals surface area contributed by atoms with E-state index in [0.717, 1.165) is 31.9 Å². The topological polar surface area (TPSA) is 24.5 Å². The third-order valence-electron chi connectivity index (χ3n) is 3.15. The van der Waals surface area contributed by atoms with Crippen molar-refractivity contribution in [2.45, 2.75) is 19.5 Å². The van der Waals surface area contributed by atoms with E-state index in [4.69, 9.17) is 4.74 Å². The second-order valence-corrected chi connectivity index (χ2v) is 4.83. The lowest BCUT2D eigenvalue weighted by atomic mass is 10.1. The van der Waals surface area contributed by atoms with Crippen LogP contribution in [0.25, 0.3) is 0 Å². The van der Waals surface area contributed by atoms with Gasteiger partial charge in [-0.25, -0.2) is 0 Å². The zero-order valence-electron chi connectivity index (χ0n) is 11.1. The highest BCUT2D eigenvalue weighted by molar-refractivity contribution is 5.27. The average molecular weight is 246 g/mol. The van der Waals surface area contributed by atoms with E-state index in [1.54, 1.807) is 6.08 Å². The van der Waals surface area contributed by atoms with Crippen molar-refractivity contribution in [3.63, 3.8) is 0 Å². The lowest BCUT2D eigenvalue weighted by molar-refractivity contribution is 0.199. The molecule has 0 saturated carbocycles. The summed E-state index contributed by atoms with van der Waals surface area (Å²) in [6.45, 7) is 10.8. The number of benzene rings is 1. The van der Waals surface area contributed by atoms with Crippen LogP contribution in [0.1, 0.15) is 12.5 Å². The highest BCUT2D eigenvalue weighted by Gasteiger charge is 2.15. The third-order valence-corrected chi connectivity index (χ3v) is 3.15. The van der Waals surface area contributed by atoms with Gasteiger partial charge < -0.3 is 10.1 Å². The second kappa shape index (κ2) is 6.57. The molecule has 0 bridgehead atoms. The van der Waals surface area contributed by atoms with E-state index in [1.807, 2.05) is 12.1 Å². The smallest absolute Gasteiger partial charge is 0.119 e. The summed E-state index contributed by atoms with van der Waals surface area (Å²) in [5.74, 6) is 0.910. The number of nitrogens with one attached hydrogen (secondary N) is 1. The summed E-state index contributed by atoms with van der Waals surface area (Å²) in [6, 6.07) is 8.94. The Morgan fingerprint density at radius 1 is 1.44 bits per heavy atom. The third kappa shape index (κ3) is 3.86. The average Bonchev–Trinajstić information content (AvgIpc) is 2.38. The van der Waals surface area contributed by atoms with Gasteiger partial charge in [-0.2, -0.15) is 0 Å². The summed E-state index contributed by atoms with van der Waals surface area (Å²) in [4.78, 5) is 2.49. The maximum atomic E-state index is 5.48. The minimum absolute atomic E-state index is 0.564. The van der Waals surface area contributed by atoms with Gasteiger partial charge in [-0.3, -0.25) is 4.90 Å². The highest BCUT2D eigenvalue weighted by atomic mass is 16.5. The summed E-state index contributed by atoms with van der Waals surface area (Å²) in [5, 5.41) is 3.46. The first kappa shape index (κ1) is 13.1. The summed E-state index contributed by atoms with van der Waals surface area (Å²) in [7, 11) is 0. The van der Waals surface area contributed by atoms with Crippen molar-refractivity contribution in [2.24, 2.45) is 0 Å². The predicted octanol–water partition coefficient (Wildman–Crippen LogP) is 2.05. The largest absolute Gasteiger partial charge is 0.490 e. The molecule has 0 aromatic heterocycles. The molecule has 1 atom stereocenters. The van der Waals surface area contributed by atoms with Gasteiger partial charge in [0.25, 0.3) is 0 Å². The molecular weight excluding hydrogens is 224 g/mol. The Morgan fingerprint density at radius 3 is 2.89 bits per heavy atom. The molecule has 1 N–H and O–H groups in total. The minimum Gasteiger partial charge on any atom is -0.490 e. The van der Waals surface area contributed by atoms with Gasteiger partial charge in [0.15, 0.2) is 0 Å². The van der Waals surface area contributed by atoms with E-state index in [1.165, 1.54) is 5.56 Å². The Labute approximate surface area is 109 Å². The van der Waals surface area contributed by atoms with Gasteiger partial charge in [0.05, 0.1) is 0 Å². The molecule has 1 saturated heterocycles. The lowest BCUT2D eigenvalue weighted by Crippen LogP contribution is -2.48. The van der Waals surface area contributed by atoms with Gasteiger partial charge in [0.2, 0.25) is 0 Å². The van der Waals surface area contributed by atoms with Gasteiger partial charge in [0.1, 0.15) is 12.4 Å². The predicted molar refractivity (Wildman–Crippen MR) is 74.9 cm³/mol. The van der Waals surface area contributed by atoms with E-state index >= 15 is 0 Å². The fourth-order valence-corrected chi connectivity index (χ4v) is 2.26. The van der Waals surface area contributed by atoms with Crippen LogP contribution >= 0.6 is 0 Å². The molecule has 0 spiro atoms. The molecule has 2 rings (SSSR count). The fourth-order valence-electron chi connectivity index (χ4n) is 2.26. The Morgan fingerprint density at radius 2 is 2.22 bits per heavy atom. The van der Waals surface area contributed by atoms with Crippen LogP contribution < -0.4 is 10.1 Å². The first-order chi connectivity index (χ1) is 8.78. The zero-order chi connectivity index (χ0) is 12.8. The number of hydrogen-bond donors (Lipinski definition) is 1. The van der Waals surface area contributed by atoms with Crippen molar-refractivity contribution >= 4 is 0 Å². The normalized spacial score (nSPS) is 20.6. The summed E-state index contributed by atoms with van der Waals surface area (Å²) in [6.07, 6.45) is 1.76. The Bertz CT molecular complexity index is 375. The first-order valence-corrected chi connectivity index (χ1v) is 6.56. The van der Waals surface area contributed by atoms with E-state index in [9.17, 15) is 0 Å². The molecule has 1 fully saturated rings. The van der Waals surface area contributed by atoms with Crippen LogP contribution in [-0.2, 0) is 6.54 Å². The lowest BCUT2D eigenvalue weighted by Gasteiger charge is -2.31. The quantitative estimate of drug-likeness (QED) is 0.805. The summed E-state index contributed by atoms with van der Waals surface area (Å²) in [5.41, 5.74) is 1.34. The number of hydrogen-bond acceptors (Lipinski definition) is 3. The van der Waals surface area contributed by atoms with Gasteiger partial charge in [-0.1, -0.05) is 24.8 Å². The number of rotatable bonds is 5. The van der Waals surface area contributed by atoms with E-state index in [0.29, 0.717) is 12.6 Å². The molecule has 3 nitrogen and oxygen atoms in total. The number of piperazine rings is 1. The number of ether oxygens (including phenoxy) is 1. The molecule has 0 amide bonds. The summed E-state index contributed by atoms with van der Waals surface area (Å²) >= 11 is 0. The molecule has 1 aromatic carbocycles. The van der Waals surface area contributed by atoms with E-state index in [2.05, 4.69) is 35.9 Å². The van der Waals surface area contributed by atoms with Gasteiger partial charge in [-0.15, -0.1) is 0 Å². The van der Waals surface area contributed by atoms with Crippen LogP contribution in [0.5, 0.6) is 5.75 Å². The number of nitrogens with zero attached hydrogens (tertiary/aromatic N) is 1. The molecule has 1 heterocycles. The highest BCUT2D eigenvalue weighted by Crippen LogP contribution is 2.14. The standard InChI is InChI=1S/C15H22N2O/c1-3-10-18-15-6-4-14(5-7-15)12-17-9-8-16-13(2)11-17/h3-7,13,16H,1,8-12H2,2H3/t13-/m0/s1. The molecule has 0 aliphatic carbocycles. The van der Waals surface area contributed by atoms with Crippen molar-refractivity contribution in [1.82, 2.24) is 10.2 Å². The maximum Gasteiger partial charge on any atom is 0.119 e. The zero-order valence-corrected chi connectivity index (χ0v) is 11.1. The van der Waals surface area contributed by atoms with Gasteiger partial charge in [0, 0.05) is 32.2 Å². The van der Waals surface area contributed by atoms with Crippen molar-refractivity contribution in [1.29, 1.82) is 0 Å². The first-order valence-electron chi connectivity index (χ1n) is 6.56. The van der Waals surface area contributed by atoms with Crippen molar-refractivity contribution in [2.75, 3.05) is 26.2 Å². The fraction of sp³-hybridized carbons (Fsp3) is 0.467. The van der Waals surface area contributed by atoms with E-state index < -0.39 is 0 Å². The van der Waals surface area contributed by atoms with Gasteiger partial charge in [-0.05, 0) is 24.6 Å². The Kier molecular flexibility index (Phi) is 4.79. The Balaban J connectivity index is 1.87. The summed E-state index contributed by atoms with van der Waals surface area (Å²) < 4.78 is 5.48. The Hall–Kier alpha value is -1.32. The molecule has 1 aromatic rings. The molecule has 0 radical (unpaired) electrons. The minimum atomic E-state index is 0.564. The van der Waals surface area contributed by atoms with Crippen LogP contribution in [0.3, 0.4) is 0 Å². The molecule has 98 valence electrons. The van der Waals surface area contributed by atoms with Crippen LogP contribution in [0.2, 0.25) is 0 Å². The maximum absolute atomic E-state index is 5.48. The monoisotopic (exact) mass is 246 g/mol. The SMILES string of the molecule is C=CCOc1ccc(CN2CCN[C@@H](C)C2)cc1. The van der Waals surface area contributed by atoms with Crippen LogP contribution in [0, 0.1) is 0 Å². The second-order valence-electron chi connectivity index (χ2n) is 4.83. The van der Waals surface area contributed by atoms with Crippen LogP contribution in [-0.4, -0.2) is 37.2 Å². The van der Waals surface area contributed by atoms with Crippen molar-refractivity contribution in [3.8, 4) is 5.75 Å². The van der Waals surface area contributed by atoms with Gasteiger partial charge >= 0.3 is 0 Å². The molecular formula is C15H22N2O. The van der Waals surface area contributed by atoms with E-state index in [-0.39, 0.29) is 0 Å². The molecule has 0 unspecified atom stereocenters. The van der Waals surface area contributed by atoms with Crippen molar-refractivity contribution in [3.05, 3.63) is 42.5 Å². The molecule has 1 aliphatic heterocycles. The molecule has 18 heavy (non-hydrogen) atoms. The van der Waals surface area contributed by atoms with Crippen molar-refractivity contribution < 1.29 is 4.74 Å². The van der Waals surface area contributed by atoms with Crippen LogP contribution in [0.15, 0.2) is 36.9 Å². The molecule has 3 heteroatoms. The molecule has 1 aliphatic rings. The van der Waals surface area contributed by atoms with Crippen LogP contribution in [0.4, 0.5) is 0 Å².